The van der Waals surface area contributed by atoms with Crippen LogP contribution in [0.2, 0.25) is 0 Å². The Hall–Kier alpha value is -1.59. The number of carbonyl (C=O) groups excluding carboxylic acids is 1. The van der Waals surface area contributed by atoms with Gasteiger partial charge in [-0.1, -0.05) is 6.92 Å². The van der Waals surface area contributed by atoms with Gasteiger partial charge >= 0.3 is 0 Å². The average Bonchev–Trinajstić information content (AvgIpc) is 3.17. The maximum Gasteiger partial charge on any atom is 0.256 e. The maximum atomic E-state index is 12.6. The van der Waals surface area contributed by atoms with E-state index in [9.17, 15) is 4.79 Å². The van der Waals surface area contributed by atoms with Gasteiger partial charge in [-0.3, -0.25) is 4.79 Å². The monoisotopic (exact) mass is 374 g/mol. The second-order valence-electron chi connectivity index (χ2n) is 8.13. The predicted octanol–water partition coefficient (Wildman–Crippen LogP) is 4.09. The van der Waals surface area contributed by atoms with Gasteiger partial charge in [-0.05, 0) is 81.7 Å². The zero-order valence-electron chi connectivity index (χ0n) is 16.8. The fraction of sp³-hybridized carbons (Fsp3) is 0.682. The fourth-order valence-electron chi connectivity index (χ4n) is 4.32. The number of benzene rings is 1. The first-order valence-electron chi connectivity index (χ1n) is 10.4. The summed E-state index contributed by atoms with van der Waals surface area (Å²) in [5.41, 5.74) is 0.138. The lowest BCUT2D eigenvalue weighted by atomic mass is 10.0. The smallest absolute Gasteiger partial charge is 0.256 e. The number of rotatable bonds is 8. The number of amides is 1. The normalized spacial score (nSPS) is 22.5. The molecule has 27 heavy (non-hydrogen) atoms. The van der Waals surface area contributed by atoms with Crippen molar-refractivity contribution in [2.75, 3.05) is 38.7 Å². The highest BCUT2D eigenvalue weighted by Gasteiger charge is 2.41. The number of nitrogens with zero attached hydrogens (tertiary/aromatic N) is 1. The number of anilines is 1. The Bertz CT molecular complexity index is 596. The number of carbonyl (C=O) groups is 1. The lowest BCUT2D eigenvalue weighted by molar-refractivity contribution is -0.136. The van der Waals surface area contributed by atoms with Gasteiger partial charge in [0.2, 0.25) is 0 Å². The van der Waals surface area contributed by atoms with Gasteiger partial charge in [-0.25, -0.2) is 0 Å². The Morgan fingerprint density at radius 2 is 1.96 bits per heavy atom. The van der Waals surface area contributed by atoms with E-state index in [1.54, 1.807) is 7.11 Å². The van der Waals surface area contributed by atoms with E-state index in [4.69, 9.17) is 9.47 Å². The molecule has 2 aliphatic rings. The molecule has 0 spiro atoms. The molecule has 0 bridgehead atoms. The molecular weight excluding hydrogens is 340 g/mol. The molecule has 150 valence electrons. The van der Waals surface area contributed by atoms with Crippen LogP contribution in [-0.4, -0.2) is 49.8 Å². The minimum Gasteiger partial charge on any atom is -0.494 e. The van der Waals surface area contributed by atoms with Crippen molar-refractivity contribution in [3.05, 3.63) is 24.3 Å². The van der Waals surface area contributed by atoms with Crippen LogP contribution in [0.15, 0.2) is 24.3 Å². The van der Waals surface area contributed by atoms with Crippen LogP contribution in [0.1, 0.15) is 51.9 Å². The number of likely N-dealkylation sites (tertiary alicyclic amines) is 1. The summed E-state index contributed by atoms with van der Waals surface area (Å²) in [7, 11) is 1.63. The molecule has 1 aliphatic carbocycles. The van der Waals surface area contributed by atoms with Crippen molar-refractivity contribution in [1.29, 1.82) is 0 Å². The molecule has 2 fully saturated rings. The number of methoxy groups -OCH3 is 1. The number of piperidine rings is 1. The van der Waals surface area contributed by atoms with Gasteiger partial charge in [0.25, 0.3) is 5.91 Å². The highest BCUT2D eigenvalue weighted by molar-refractivity contribution is 5.97. The van der Waals surface area contributed by atoms with E-state index in [1.165, 1.54) is 25.9 Å². The Morgan fingerprint density at radius 3 is 2.63 bits per heavy atom. The molecule has 1 aliphatic heterocycles. The first-order chi connectivity index (χ1) is 13.1. The molecule has 1 atom stereocenters. The summed E-state index contributed by atoms with van der Waals surface area (Å²) in [5.74, 6) is 1.64. The van der Waals surface area contributed by atoms with Crippen LogP contribution in [-0.2, 0) is 9.53 Å². The minimum atomic E-state index is -0.652. The van der Waals surface area contributed by atoms with Crippen molar-refractivity contribution in [3.63, 3.8) is 0 Å². The first kappa shape index (κ1) is 20.2. The predicted molar refractivity (Wildman–Crippen MR) is 108 cm³/mol. The van der Waals surface area contributed by atoms with Gasteiger partial charge in [0, 0.05) is 25.9 Å². The third kappa shape index (κ3) is 5.45. The quantitative estimate of drug-likeness (QED) is 0.697. The molecule has 1 N–H and O–H groups in total. The topological polar surface area (TPSA) is 50.8 Å². The highest BCUT2D eigenvalue weighted by atomic mass is 16.5. The largest absolute Gasteiger partial charge is 0.494 e. The van der Waals surface area contributed by atoms with E-state index in [0.29, 0.717) is 0 Å². The maximum absolute atomic E-state index is 12.6. The van der Waals surface area contributed by atoms with Crippen molar-refractivity contribution >= 4 is 11.6 Å². The third-order valence-corrected chi connectivity index (χ3v) is 5.96. The van der Waals surface area contributed by atoms with Gasteiger partial charge in [-0.2, -0.15) is 0 Å². The molecular formula is C22H34N2O3. The molecule has 1 heterocycles. The summed E-state index contributed by atoms with van der Waals surface area (Å²) < 4.78 is 11.4. The molecule has 3 rings (SSSR count). The van der Waals surface area contributed by atoms with Gasteiger partial charge in [-0.15, -0.1) is 0 Å². The standard InChI is InChI=1S/C22H34N2O3/c1-18-7-5-14-24(17-18)15-6-16-27-20-10-8-19(9-11-20)23-21(25)22(26-2)12-3-4-13-22/h8-11,18H,3-7,12-17H2,1-2H3,(H,23,25)/t18-/m1/s1. The third-order valence-electron chi connectivity index (χ3n) is 5.96. The molecule has 1 amide bonds. The molecule has 0 radical (unpaired) electrons. The van der Waals surface area contributed by atoms with E-state index in [2.05, 4.69) is 17.1 Å². The van der Waals surface area contributed by atoms with E-state index in [-0.39, 0.29) is 5.91 Å². The molecule has 0 unspecified atom stereocenters. The van der Waals surface area contributed by atoms with Crippen molar-refractivity contribution < 1.29 is 14.3 Å². The van der Waals surface area contributed by atoms with Crippen LogP contribution in [0.3, 0.4) is 0 Å². The van der Waals surface area contributed by atoms with Crippen molar-refractivity contribution in [1.82, 2.24) is 4.90 Å². The van der Waals surface area contributed by atoms with Crippen molar-refractivity contribution in [2.45, 2.75) is 57.5 Å². The van der Waals surface area contributed by atoms with Crippen LogP contribution in [0.4, 0.5) is 5.69 Å². The number of hydrogen-bond donors (Lipinski definition) is 1. The molecule has 5 heteroatoms. The summed E-state index contributed by atoms with van der Waals surface area (Å²) in [5, 5.41) is 2.99. The minimum absolute atomic E-state index is 0.0353. The molecule has 1 saturated carbocycles. The van der Waals surface area contributed by atoms with Crippen LogP contribution in [0.25, 0.3) is 0 Å². The SMILES string of the molecule is COC1(C(=O)Nc2ccc(OCCCN3CCC[C@@H](C)C3)cc2)CCCC1. The molecule has 5 nitrogen and oxygen atoms in total. The van der Waals surface area contributed by atoms with Gasteiger partial charge in [0.15, 0.2) is 0 Å². The van der Waals surface area contributed by atoms with Gasteiger partial charge < -0.3 is 19.7 Å². The lowest BCUT2D eigenvalue weighted by Gasteiger charge is -2.30. The van der Waals surface area contributed by atoms with Gasteiger partial charge in [0.1, 0.15) is 11.4 Å². The van der Waals surface area contributed by atoms with Crippen LogP contribution >= 0.6 is 0 Å². The number of nitrogens with one attached hydrogen (secondary N) is 1. The molecule has 1 aromatic rings. The summed E-state index contributed by atoms with van der Waals surface area (Å²) in [4.78, 5) is 15.1. The Morgan fingerprint density at radius 1 is 1.22 bits per heavy atom. The summed E-state index contributed by atoms with van der Waals surface area (Å²) >= 11 is 0. The summed E-state index contributed by atoms with van der Waals surface area (Å²) in [6, 6.07) is 7.65. The molecule has 1 aromatic carbocycles. The van der Waals surface area contributed by atoms with E-state index in [0.717, 1.165) is 62.6 Å². The molecule has 1 saturated heterocycles. The first-order valence-corrected chi connectivity index (χ1v) is 10.4. The Balaban J connectivity index is 1.40. The van der Waals surface area contributed by atoms with Crippen LogP contribution < -0.4 is 10.1 Å². The summed E-state index contributed by atoms with van der Waals surface area (Å²) in [6.45, 7) is 6.62. The van der Waals surface area contributed by atoms with Crippen LogP contribution in [0, 0.1) is 5.92 Å². The lowest BCUT2D eigenvalue weighted by Crippen LogP contribution is -2.42. The molecule has 0 aromatic heterocycles. The van der Waals surface area contributed by atoms with E-state index < -0.39 is 5.60 Å². The Labute approximate surface area is 163 Å². The zero-order valence-corrected chi connectivity index (χ0v) is 16.8. The van der Waals surface area contributed by atoms with Crippen LogP contribution in [0.5, 0.6) is 5.75 Å². The zero-order chi connectivity index (χ0) is 19.1. The van der Waals surface area contributed by atoms with E-state index in [1.807, 2.05) is 24.3 Å². The average molecular weight is 375 g/mol. The fourth-order valence-corrected chi connectivity index (χ4v) is 4.32. The highest BCUT2D eigenvalue weighted by Crippen LogP contribution is 2.33. The van der Waals surface area contributed by atoms with Crippen molar-refractivity contribution in [2.24, 2.45) is 5.92 Å². The van der Waals surface area contributed by atoms with Crippen molar-refractivity contribution in [3.8, 4) is 5.75 Å². The van der Waals surface area contributed by atoms with Gasteiger partial charge in [0.05, 0.1) is 6.61 Å². The second kappa shape index (κ2) is 9.56. The summed E-state index contributed by atoms with van der Waals surface area (Å²) in [6.07, 6.45) is 7.41. The van der Waals surface area contributed by atoms with E-state index >= 15 is 0 Å². The second-order valence-corrected chi connectivity index (χ2v) is 8.13. The number of ether oxygens (including phenoxy) is 2. The Kier molecular flexibility index (Phi) is 7.13. The number of hydrogen-bond acceptors (Lipinski definition) is 4.